The summed E-state index contributed by atoms with van der Waals surface area (Å²) in [7, 11) is 3.64. The van der Waals surface area contributed by atoms with Crippen molar-refractivity contribution in [1.82, 2.24) is 10.2 Å². The van der Waals surface area contributed by atoms with Crippen LogP contribution in [0.3, 0.4) is 0 Å². The van der Waals surface area contributed by atoms with Gasteiger partial charge < -0.3 is 19.9 Å². The number of rotatable bonds is 8. The van der Waals surface area contributed by atoms with Crippen LogP contribution < -0.4 is 10.2 Å². The highest BCUT2D eigenvalue weighted by Gasteiger charge is 2.34. The molecule has 0 aliphatic carbocycles. The molecule has 7 heteroatoms. The van der Waals surface area contributed by atoms with Gasteiger partial charge in [-0.2, -0.15) is 0 Å². The number of anilines is 1. The number of carbonyl (C=O) groups excluding carboxylic acids is 2. The minimum Gasteiger partial charge on any atom is -0.383 e. The number of ether oxygens (including phenoxy) is 1. The summed E-state index contributed by atoms with van der Waals surface area (Å²) in [4.78, 5) is 28.2. The predicted molar refractivity (Wildman–Crippen MR) is 94.3 cm³/mol. The average Bonchev–Trinajstić information content (AvgIpc) is 2.95. The Morgan fingerprint density at radius 3 is 2.96 bits per heavy atom. The van der Waals surface area contributed by atoms with Gasteiger partial charge in [-0.3, -0.25) is 9.59 Å². The van der Waals surface area contributed by atoms with Gasteiger partial charge in [0.15, 0.2) is 0 Å². The molecule has 0 aromatic heterocycles. The summed E-state index contributed by atoms with van der Waals surface area (Å²) in [6.07, 6.45) is 0.234. The molecule has 0 saturated carbocycles. The molecule has 2 rings (SSSR count). The SMILES string of the molecule is COCCN(C)CCNC(=O)[C@H]1CC(=O)N(c2cccc(Cl)c2)C1. The van der Waals surface area contributed by atoms with Crippen LogP contribution in [0.15, 0.2) is 24.3 Å². The Balaban J connectivity index is 1.81. The normalized spacial score (nSPS) is 17.6. The zero-order chi connectivity index (χ0) is 17.5. The third kappa shape index (κ3) is 5.19. The molecule has 0 bridgehead atoms. The van der Waals surface area contributed by atoms with Gasteiger partial charge in [0.2, 0.25) is 11.8 Å². The highest BCUT2D eigenvalue weighted by Crippen LogP contribution is 2.27. The summed E-state index contributed by atoms with van der Waals surface area (Å²) in [5, 5.41) is 3.49. The maximum absolute atomic E-state index is 12.3. The molecule has 1 N–H and O–H groups in total. The van der Waals surface area contributed by atoms with E-state index in [4.69, 9.17) is 16.3 Å². The van der Waals surface area contributed by atoms with E-state index in [0.717, 1.165) is 18.8 Å². The van der Waals surface area contributed by atoms with E-state index in [1.165, 1.54) is 0 Å². The third-order valence-electron chi connectivity index (χ3n) is 4.09. The summed E-state index contributed by atoms with van der Waals surface area (Å²) >= 11 is 5.97. The molecule has 1 aromatic carbocycles. The van der Waals surface area contributed by atoms with E-state index in [1.807, 2.05) is 13.1 Å². The van der Waals surface area contributed by atoms with Crippen LogP contribution in [0.2, 0.25) is 5.02 Å². The Morgan fingerprint density at radius 1 is 1.46 bits per heavy atom. The zero-order valence-corrected chi connectivity index (χ0v) is 14.9. The Labute approximate surface area is 147 Å². The number of methoxy groups -OCH3 is 1. The number of amides is 2. The topological polar surface area (TPSA) is 61.9 Å². The van der Waals surface area contributed by atoms with Crippen molar-refractivity contribution in [2.75, 3.05) is 51.8 Å². The Morgan fingerprint density at radius 2 is 2.25 bits per heavy atom. The van der Waals surface area contributed by atoms with Gasteiger partial charge in [0.1, 0.15) is 0 Å². The third-order valence-corrected chi connectivity index (χ3v) is 4.32. The standard InChI is InChI=1S/C17H24ClN3O3/c1-20(8-9-24-2)7-6-19-17(23)13-10-16(22)21(12-13)15-5-3-4-14(18)11-15/h3-5,11,13H,6-10,12H2,1-2H3,(H,19,23)/t13-/m0/s1. The zero-order valence-electron chi connectivity index (χ0n) is 14.1. The van der Waals surface area contributed by atoms with E-state index >= 15 is 0 Å². The summed E-state index contributed by atoms with van der Waals surface area (Å²) < 4.78 is 5.01. The molecule has 1 fully saturated rings. The van der Waals surface area contributed by atoms with E-state index in [9.17, 15) is 9.59 Å². The van der Waals surface area contributed by atoms with E-state index in [2.05, 4.69) is 10.2 Å². The minimum atomic E-state index is -0.319. The summed E-state index contributed by atoms with van der Waals surface area (Å²) in [6.45, 7) is 3.17. The van der Waals surface area contributed by atoms with Crippen LogP contribution in [0, 0.1) is 5.92 Å². The molecule has 2 amide bonds. The number of nitrogens with one attached hydrogen (secondary N) is 1. The Bertz CT molecular complexity index is 582. The average molecular weight is 354 g/mol. The molecule has 0 radical (unpaired) electrons. The van der Waals surface area contributed by atoms with E-state index < -0.39 is 0 Å². The van der Waals surface area contributed by atoms with Crippen LogP contribution in [0.5, 0.6) is 0 Å². The maximum atomic E-state index is 12.3. The lowest BCUT2D eigenvalue weighted by Crippen LogP contribution is -2.38. The summed E-state index contributed by atoms with van der Waals surface area (Å²) in [5.74, 6) is -0.441. The molecule has 1 saturated heterocycles. The van der Waals surface area contributed by atoms with Gasteiger partial charge in [-0.1, -0.05) is 17.7 Å². The summed E-state index contributed by atoms with van der Waals surface area (Å²) in [5.41, 5.74) is 0.738. The molecule has 1 aromatic rings. The van der Waals surface area contributed by atoms with Crippen LogP contribution in [0.25, 0.3) is 0 Å². The van der Waals surface area contributed by atoms with E-state index in [-0.39, 0.29) is 24.2 Å². The van der Waals surface area contributed by atoms with Crippen molar-refractivity contribution in [1.29, 1.82) is 0 Å². The van der Waals surface area contributed by atoms with Crippen LogP contribution in [0.1, 0.15) is 6.42 Å². The number of nitrogens with zero attached hydrogens (tertiary/aromatic N) is 2. The monoisotopic (exact) mass is 353 g/mol. The highest BCUT2D eigenvalue weighted by atomic mass is 35.5. The number of carbonyl (C=O) groups is 2. The van der Waals surface area contributed by atoms with Crippen molar-refractivity contribution < 1.29 is 14.3 Å². The maximum Gasteiger partial charge on any atom is 0.227 e. The van der Waals surface area contributed by atoms with Crippen molar-refractivity contribution >= 4 is 29.1 Å². The molecule has 132 valence electrons. The Kier molecular flexibility index (Phi) is 7.02. The second-order valence-electron chi connectivity index (χ2n) is 5.97. The first-order valence-electron chi connectivity index (χ1n) is 8.02. The molecule has 1 aliphatic rings. The Hall–Kier alpha value is -1.63. The smallest absolute Gasteiger partial charge is 0.227 e. The number of likely N-dealkylation sites (N-methyl/N-ethyl adjacent to an activating group) is 1. The molecule has 1 atom stereocenters. The first kappa shape index (κ1) is 18.7. The van der Waals surface area contributed by atoms with Gasteiger partial charge >= 0.3 is 0 Å². The van der Waals surface area contributed by atoms with Gasteiger partial charge in [-0.25, -0.2) is 0 Å². The molecule has 1 heterocycles. The van der Waals surface area contributed by atoms with Gasteiger partial charge in [0, 0.05) is 50.4 Å². The fourth-order valence-corrected chi connectivity index (χ4v) is 2.83. The number of benzene rings is 1. The van der Waals surface area contributed by atoms with Crippen molar-refractivity contribution in [2.45, 2.75) is 6.42 Å². The molecule has 1 aliphatic heterocycles. The van der Waals surface area contributed by atoms with Gasteiger partial charge in [-0.15, -0.1) is 0 Å². The highest BCUT2D eigenvalue weighted by molar-refractivity contribution is 6.30. The van der Waals surface area contributed by atoms with Crippen LogP contribution in [-0.2, 0) is 14.3 Å². The van der Waals surface area contributed by atoms with Crippen LogP contribution in [0.4, 0.5) is 5.69 Å². The quantitative estimate of drug-likeness (QED) is 0.767. The minimum absolute atomic E-state index is 0.0466. The van der Waals surface area contributed by atoms with Crippen LogP contribution in [-0.4, -0.2) is 63.7 Å². The van der Waals surface area contributed by atoms with Crippen molar-refractivity contribution in [2.24, 2.45) is 5.92 Å². The molecule has 0 spiro atoms. The second-order valence-corrected chi connectivity index (χ2v) is 6.41. The molecular weight excluding hydrogens is 330 g/mol. The molecule has 6 nitrogen and oxygen atoms in total. The summed E-state index contributed by atoms with van der Waals surface area (Å²) in [6, 6.07) is 7.13. The lowest BCUT2D eigenvalue weighted by molar-refractivity contribution is -0.126. The fourth-order valence-electron chi connectivity index (χ4n) is 2.65. The van der Waals surface area contributed by atoms with Crippen molar-refractivity contribution in [3.8, 4) is 0 Å². The van der Waals surface area contributed by atoms with Crippen molar-refractivity contribution in [3.63, 3.8) is 0 Å². The lowest BCUT2D eigenvalue weighted by atomic mass is 10.1. The van der Waals surface area contributed by atoms with E-state index in [1.54, 1.807) is 30.2 Å². The lowest BCUT2D eigenvalue weighted by Gasteiger charge is -2.18. The fraction of sp³-hybridized carbons (Fsp3) is 0.529. The largest absolute Gasteiger partial charge is 0.383 e. The predicted octanol–water partition coefficient (Wildman–Crippen LogP) is 1.39. The van der Waals surface area contributed by atoms with Gasteiger partial charge in [0.25, 0.3) is 0 Å². The first-order chi connectivity index (χ1) is 11.5. The second kappa shape index (κ2) is 9.01. The number of hydrogen-bond donors (Lipinski definition) is 1. The van der Waals surface area contributed by atoms with Crippen molar-refractivity contribution in [3.05, 3.63) is 29.3 Å². The number of halogens is 1. The molecule has 24 heavy (non-hydrogen) atoms. The van der Waals surface area contributed by atoms with Gasteiger partial charge in [0.05, 0.1) is 12.5 Å². The van der Waals surface area contributed by atoms with Crippen LogP contribution >= 0.6 is 11.6 Å². The number of hydrogen-bond acceptors (Lipinski definition) is 4. The molecule has 0 unspecified atom stereocenters. The van der Waals surface area contributed by atoms with E-state index in [0.29, 0.717) is 24.7 Å². The molecular formula is C17H24ClN3O3. The van der Waals surface area contributed by atoms with Gasteiger partial charge in [-0.05, 0) is 25.2 Å². The first-order valence-corrected chi connectivity index (χ1v) is 8.40.